The van der Waals surface area contributed by atoms with Crippen LogP contribution in [0.2, 0.25) is 0 Å². The van der Waals surface area contributed by atoms with E-state index in [1.807, 2.05) is 0 Å². The summed E-state index contributed by atoms with van der Waals surface area (Å²) in [6, 6.07) is 0.667. The SMILES string of the molecule is Fc1c[c]([AlH2])c(F)c(F)c1F. The molecule has 0 aromatic heterocycles. The first kappa shape index (κ1) is 8.57. The third-order valence-electron chi connectivity index (χ3n) is 1.28. The Kier molecular flexibility index (Phi) is 2.21. The van der Waals surface area contributed by atoms with E-state index in [0.717, 1.165) is 0 Å². The molecule has 0 N–H and O–H groups in total. The molecular weight excluding hydrogens is 175 g/mol. The lowest BCUT2D eigenvalue weighted by molar-refractivity contribution is 0.412. The van der Waals surface area contributed by atoms with Crippen molar-refractivity contribution in [1.82, 2.24) is 0 Å². The van der Waals surface area contributed by atoms with E-state index in [1.54, 1.807) is 0 Å². The first-order chi connectivity index (χ1) is 5.04. The highest BCUT2D eigenvalue weighted by molar-refractivity contribution is 6.32. The van der Waals surface area contributed by atoms with Gasteiger partial charge in [0.1, 0.15) is 5.82 Å². The van der Waals surface area contributed by atoms with E-state index in [2.05, 4.69) is 0 Å². The summed E-state index contributed by atoms with van der Waals surface area (Å²) < 4.78 is 49.1. The van der Waals surface area contributed by atoms with Crippen LogP contribution in [0, 0.1) is 23.3 Å². The van der Waals surface area contributed by atoms with Gasteiger partial charge in [-0.25, -0.2) is 17.6 Å². The Morgan fingerprint density at radius 1 is 0.909 bits per heavy atom. The lowest BCUT2D eigenvalue weighted by Crippen LogP contribution is -2.14. The van der Waals surface area contributed by atoms with Crippen LogP contribution in [0.25, 0.3) is 0 Å². The quantitative estimate of drug-likeness (QED) is 0.235. The highest BCUT2D eigenvalue weighted by Gasteiger charge is 2.15. The maximum absolute atomic E-state index is 12.4. The minimum atomic E-state index is -1.75. The zero-order valence-electron chi connectivity index (χ0n) is 5.59. The predicted molar refractivity (Wildman–Crippen MR) is 34.5 cm³/mol. The van der Waals surface area contributed by atoms with E-state index in [1.165, 1.54) is 0 Å². The molecule has 0 aliphatic carbocycles. The molecule has 5 heteroatoms. The monoisotopic (exact) mass is 178 g/mol. The topological polar surface area (TPSA) is 0 Å². The molecule has 0 unspecified atom stereocenters. The normalized spacial score (nSPS) is 10.2. The average molecular weight is 178 g/mol. The summed E-state index contributed by atoms with van der Waals surface area (Å²) in [4.78, 5) is 0. The summed E-state index contributed by atoms with van der Waals surface area (Å²) in [5.74, 6) is -6.10. The second-order valence-corrected chi connectivity index (χ2v) is 3.19. The molecule has 11 heavy (non-hydrogen) atoms. The van der Waals surface area contributed by atoms with Gasteiger partial charge in [0.2, 0.25) is 0 Å². The van der Waals surface area contributed by atoms with Gasteiger partial charge in [0.25, 0.3) is 16.3 Å². The van der Waals surface area contributed by atoms with E-state index < -0.39 is 23.3 Å². The fourth-order valence-electron chi connectivity index (χ4n) is 0.691. The third-order valence-corrected chi connectivity index (χ3v) is 2.01. The molecule has 0 bridgehead atoms. The molecule has 0 saturated heterocycles. The molecule has 58 valence electrons. The maximum atomic E-state index is 12.4. The van der Waals surface area contributed by atoms with Crippen molar-refractivity contribution in [1.29, 1.82) is 0 Å². The fourth-order valence-corrected chi connectivity index (χ4v) is 1.16. The average Bonchev–Trinajstić information content (AvgIpc) is 1.97. The molecule has 0 nitrogen and oxygen atoms in total. The molecular formula is C6H3AlF4. The molecule has 0 fully saturated rings. The number of hydrogen-bond donors (Lipinski definition) is 0. The number of benzene rings is 1. The molecule has 0 spiro atoms. The lowest BCUT2D eigenvalue weighted by Gasteiger charge is -1.99. The van der Waals surface area contributed by atoms with E-state index >= 15 is 0 Å². The van der Waals surface area contributed by atoms with Gasteiger partial charge in [-0.2, -0.15) is 0 Å². The molecule has 0 amide bonds. The van der Waals surface area contributed by atoms with Gasteiger partial charge in [-0.05, 0) is 6.07 Å². The van der Waals surface area contributed by atoms with Crippen LogP contribution in [0.5, 0.6) is 0 Å². The number of rotatable bonds is 0. The molecule has 0 aliphatic rings. The van der Waals surface area contributed by atoms with Crippen LogP contribution in [0.4, 0.5) is 17.6 Å². The van der Waals surface area contributed by atoms with E-state index in [-0.39, 0.29) is 20.7 Å². The van der Waals surface area contributed by atoms with Crippen LogP contribution in [0.3, 0.4) is 0 Å². The Morgan fingerprint density at radius 3 is 2.00 bits per heavy atom. The molecule has 1 aromatic rings. The Balaban J connectivity index is 3.46. The van der Waals surface area contributed by atoms with Gasteiger partial charge in [-0.1, -0.05) is 4.43 Å². The van der Waals surface area contributed by atoms with E-state index in [4.69, 9.17) is 0 Å². The molecule has 0 atom stereocenters. The van der Waals surface area contributed by atoms with Crippen LogP contribution >= 0.6 is 0 Å². The smallest absolute Gasteiger partial charge is 0.205 e. The van der Waals surface area contributed by atoms with Crippen molar-refractivity contribution in [2.24, 2.45) is 0 Å². The highest BCUT2D eigenvalue weighted by Crippen LogP contribution is 2.10. The first-order valence-electron chi connectivity index (χ1n) is 2.83. The molecule has 1 rings (SSSR count). The zero-order chi connectivity index (χ0) is 8.59. The Labute approximate surface area is 68.3 Å². The Bertz CT molecular complexity index is 271. The van der Waals surface area contributed by atoms with Gasteiger partial charge in [0, 0.05) is 0 Å². The number of halogens is 4. The van der Waals surface area contributed by atoms with Gasteiger partial charge in [0.15, 0.2) is 17.5 Å². The van der Waals surface area contributed by atoms with Crippen molar-refractivity contribution in [3.63, 3.8) is 0 Å². The highest BCUT2D eigenvalue weighted by atomic mass is 27.0. The van der Waals surface area contributed by atoms with Crippen molar-refractivity contribution >= 4 is 20.7 Å². The minimum Gasteiger partial charge on any atom is -0.205 e. The lowest BCUT2D eigenvalue weighted by atomic mass is 10.3. The fraction of sp³-hybridized carbons (Fsp3) is 0. The van der Waals surface area contributed by atoms with Gasteiger partial charge >= 0.3 is 0 Å². The molecule has 0 saturated carbocycles. The van der Waals surface area contributed by atoms with Gasteiger partial charge in [-0.15, -0.1) is 0 Å². The summed E-state index contributed by atoms with van der Waals surface area (Å²) in [5.41, 5.74) is 0. The molecule has 1 aromatic carbocycles. The Hall–Kier alpha value is -0.528. The van der Waals surface area contributed by atoms with Crippen LogP contribution in [0.1, 0.15) is 0 Å². The van der Waals surface area contributed by atoms with Crippen LogP contribution < -0.4 is 4.43 Å². The standard InChI is InChI=1S/C6HF4.Al.2H/c7-3-1-2-4(8)6(10)5(3)9;;;/h1H;;;. The van der Waals surface area contributed by atoms with Crippen LogP contribution in [0.15, 0.2) is 6.07 Å². The maximum Gasteiger partial charge on any atom is 0.264 e. The first-order valence-corrected chi connectivity index (χ1v) is 3.83. The summed E-state index contributed by atoms with van der Waals surface area (Å²) in [5, 5.41) is 0. The molecule has 0 aliphatic heterocycles. The van der Waals surface area contributed by atoms with Gasteiger partial charge < -0.3 is 0 Å². The van der Waals surface area contributed by atoms with Gasteiger partial charge in [-0.3, -0.25) is 0 Å². The number of hydrogen-bond acceptors (Lipinski definition) is 0. The summed E-state index contributed by atoms with van der Waals surface area (Å²) in [6.45, 7) is 0. The van der Waals surface area contributed by atoms with Crippen molar-refractivity contribution in [2.75, 3.05) is 0 Å². The van der Waals surface area contributed by atoms with E-state index in [0.29, 0.717) is 6.07 Å². The van der Waals surface area contributed by atoms with Crippen LogP contribution in [-0.4, -0.2) is 16.3 Å². The molecule has 0 radical (unpaired) electrons. The Morgan fingerprint density at radius 2 is 1.45 bits per heavy atom. The second kappa shape index (κ2) is 2.84. The summed E-state index contributed by atoms with van der Waals surface area (Å²) in [6.07, 6.45) is 0. The summed E-state index contributed by atoms with van der Waals surface area (Å²) in [7, 11) is 0. The largest absolute Gasteiger partial charge is 0.264 e. The minimum absolute atomic E-state index is 0.110. The molecule has 0 heterocycles. The van der Waals surface area contributed by atoms with Crippen molar-refractivity contribution < 1.29 is 17.6 Å². The second-order valence-electron chi connectivity index (χ2n) is 2.12. The van der Waals surface area contributed by atoms with Crippen molar-refractivity contribution in [3.8, 4) is 0 Å². The van der Waals surface area contributed by atoms with Crippen molar-refractivity contribution in [2.45, 2.75) is 0 Å². The third kappa shape index (κ3) is 1.39. The van der Waals surface area contributed by atoms with Crippen molar-refractivity contribution in [3.05, 3.63) is 29.3 Å². The predicted octanol–water partition coefficient (Wildman–Crippen LogP) is 0.501. The zero-order valence-corrected chi connectivity index (χ0v) is 7.59. The summed E-state index contributed by atoms with van der Waals surface area (Å²) >= 11 is 0.150. The van der Waals surface area contributed by atoms with E-state index in [9.17, 15) is 17.6 Å². The van der Waals surface area contributed by atoms with Gasteiger partial charge in [0.05, 0.1) is 0 Å². The van der Waals surface area contributed by atoms with Crippen LogP contribution in [-0.2, 0) is 0 Å².